The van der Waals surface area contributed by atoms with Gasteiger partial charge >= 0.3 is 0 Å². The maximum Gasteiger partial charge on any atom is 0.234 e. The molecule has 0 unspecified atom stereocenters. The molecule has 0 radical (unpaired) electrons. The summed E-state index contributed by atoms with van der Waals surface area (Å²) in [7, 11) is 0. The van der Waals surface area contributed by atoms with Crippen molar-refractivity contribution in [2.75, 3.05) is 11.1 Å². The number of imidazole rings is 1. The molecular weight excluding hydrogens is 378 g/mol. The molecule has 4 nitrogen and oxygen atoms in total. The monoisotopic (exact) mass is 405 g/mol. The van der Waals surface area contributed by atoms with Crippen LogP contribution in [0.3, 0.4) is 0 Å². The van der Waals surface area contributed by atoms with Crippen LogP contribution in [-0.2, 0) is 17.6 Å². The van der Waals surface area contributed by atoms with Crippen LogP contribution in [0.2, 0.25) is 0 Å². The highest BCUT2D eigenvalue weighted by molar-refractivity contribution is 7.99. The van der Waals surface area contributed by atoms with Crippen LogP contribution < -0.4 is 5.32 Å². The molecule has 0 spiro atoms. The van der Waals surface area contributed by atoms with E-state index in [1.165, 1.54) is 41.6 Å². The van der Waals surface area contributed by atoms with E-state index in [0.717, 1.165) is 40.5 Å². The van der Waals surface area contributed by atoms with Crippen molar-refractivity contribution >= 4 is 23.4 Å². The first-order chi connectivity index (χ1) is 14.0. The molecule has 4 rings (SSSR count). The van der Waals surface area contributed by atoms with Gasteiger partial charge in [-0.1, -0.05) is 47.7 Å². The summed E-state index contributed by atoms with van der Waals surface area (Å²) in [5.41, 5.74) is 7.94. The molecule has 0 aliphatic heterocycles. The molecule has 150 valence electrons. The topological polar surface area (TPSA) is 46.9 Å². The van der Waals surface area contributed by atoms with Gasteiger partial charge < -0.3 is 5.32 Å². The van der Waals surface area contributed by atoms with Gasteiger partial charge in [0.25, 0.3) is 0 Å². The van der Waals surface area contributed by atoms with Gasteiger partial charge in [0, 0.05) is 17.1 Å². The number of para-hydroxylation sites is 1. The Balaban J connectivity index is 1.54. The minimum Gasteiger partial charge on any atom is -0.325 e. The van der Waals surface area contributed by atoms with Gasteiger partial charge in [-0.2, -0.15) is 0 Å². The second kappa shape index (κ2) is 8.46. The van der Waals surface area contributed by atoms with Crippen molar-refractivity contribution in [1.82, 2.24) is 9.55 Å². The largest absolute Gasteiger partial charge is 0.325 e. The van der Waals surface area contributed by atoms with Gasteiger partial charge in [0.05, 0.1) is 11.4 Å². The molecule has 0 atom stereocenters. The smallest absolute Gasteiger partial charge is 0.234 e. The Labute approximate surface area is 176 Å². The first-order valence-corrected chi connectivity index (χ1v) is 11.2. The molecule has 2 aromatic carbocycles. The normalized spacial score (nSPS) is 13.2. The second-order valence-electron chi connectivity index (χ2n) is 7.78. The van der Waals surface area contributed by atoms with Crippen molar-refractivity contribution in [3.8, 4) is 5.69 Å². The number of amides is 1. The van der Waals surface area contributed by atoms with E-state index in [1.54, 1.807) is 0 Å². The quantitative estimate of drug-likeness (QED) is 0.578. The highest BCUT2D eigenvalue weighted by Crippen LogP contribution is 2.31. The van der Waals surface area contributed by atoms with Crippen LogP contribution in [0.4, 0.5) is 5.69 Å². The van der Waals surface area contributed by atoms with Crippen molar-refractivity contribution in [2.45, 2.75) is 51.6 Å². The summed E-state index contributed by atoms with van der Waals surface area (Å²) in [6, 6.07) is 14.6. The van der Waals surface area contributed by atoms with Gasteiger partial charge in [-0.05, 0) is 69.7 Å². The van der Waals surface area contributed by atoms with Crippen LogP contribution >= 0.6 is 11.8 Å². The van der Waals surface area contributed by atoms with E-state index in [-0.39, 0.29) is 5.91 Å². The molecule has 0 fully saturated rings. The van der Waals surface area contributed by atoms with Crippen LogP contribution in [0.15, 0.2) is 47.6 Å². The highest BCUT2D eigenvalue weighted by Gasteiger charge is 2.22. The number of thioether (sulfide) groups is 1. The Kier molecular flexibility index (Phi) is 5.76. The third-order valence-corrected chi connectivity index (χ3v) is 6.33. The number of hydrogen-bond donors (Lipinski definition) is 1. The fourth-order valence-corrected chi connectivity index (χ4v) is 4.99. The summed E-state index contributed by atoms with van der Waals surface area (Å²) in [5, 5.41) is 4.01. The standard InChI is InChI=1S/C24H27N3OS/c1-16-13-17(2)23(18(3)14-16)26-22(28)15-29-24-25-20-11-7-8-12-21(20)27(24)19-9-5-4-6-10-19/h4-6,9-10,13-14H,7-8,11-12,15H2,1-3H3,(H,26,28). The molecule has 1 aliphatic rings. The fraction of sp³-hybridized carbons (Fsp3) is 0.333. The first-order valence-electron chi connectivity index (χ1n) is 10.2. The Hall–Kier alpha value is -2.53. The summed E-state index contributed by atoms with van der Waals surface area (Å²) in [4.78, 5) is 17.6. The summed E-state index contributed by atoms with van der Waals surface area (Å²) in [5.74, 6) is 0.348. The third-order valence-electron chi connectivity index (χ3n) is 5.39. The van der Waals surface area contributed by atoms with E-state index in [4.69, 9.17) is 4.98 Å². The van der Waals surface area contributed by atoms with Gasteiger partial charge in [-0.3, -0.25) is 9.36 Å². The second-order valence-corrected chi connectivity index (χ2v) is 8.72. The fourth-order valence-electron chi connectivity index (χ4n) is 4.14. The first kappa shape index (κ1) is 19.8. The molecule has 0 bridgehead atoms. The van der Waals surface area contributed by atoms with E-state index in [9.17, 15) is 4.79 Å². The minimum absolute atomic E-state index is 0.00522. The number of fused-ring (bicyclic) bond motifs is 1. The zero-order valence-corrected chi connectivity index (χ0v) is 18.1. The number of nitrogens with one attached hydrogen (secondary N) is 1. The van der Waals surface area contributed by atoms with Gasteiger partial charge in [0.2, 0.25) is 5.91 Å². The number of hydrogen-bond acceptors (Lipinski definition) is 3. The number of nitrogens with zero attached hydrogens (tertiary/aromatic N) is 2. The Bertz CT molecular complexity index is 1020. The summed E-state index contributed by atoms with van der Waals surface area (Å²) < 4.78 is 2.24. The average Bonchev–Trinajstić information content (AvgIpc) is 3.08. The number of aromatic nitrogens is 2. The number of aryl methyl sites for hydroxylation is 4. The molecule has 1 aromatic heterocycles. The maximum absolute atomic E-state index is 12.7. The molecule has 29 heavy (non-hydrogen) atoms. The Morgan fingerprint density at radius 3 is 2.48 bits per heavy atom. The van der Waals surface area contributed by atoms with Crippen LogP contribution in [-0.4, -0.2) is 21.2 Å². The van der Waals surface area contributed by atoms with E-state index in [1.807, 2.05) is 19.9 Å². The van der Waals surface area contributed by atoms with Crippen molar-refractivity contribution < 1.29 is 4.79 Å². The average molecular weight is 406 g/mol. The van der Waals surface area contributed by atoms with Gasteiger partial charge in [0.1, 0.15) is 0 Å². The zero-order valence-electron chi connectivity index (χ0n) is 17.3. The number of benzene rings is 2. The SMILES string of the molecule is Cc1cc(C)c(NC(=O)CSc2nc3c(n2-c2ccccc2)CCCC3)c(C)c1. The van der Waals surface area contributed by atoms with E-state index in [2.05, 4.69) is 53.2 Å². The molecule has 5 heteroatoms. The number of carbonyl (C=O) groups is 1. The van der Waals surface area contributed by atoms with Crippen molar-refractivity contribution in [3.05, 3.63) is 70.5 Å². The van der Waals surface area contributed by atoms with Crippen LogP contribution in [0, 0.1) is 20.8 Å². The number of anilines is 1. The molecule has 3 aromatic rings. The van der Waals surface area contributed by atoms with Crippen LogP contribution in [0.5, 0.6) is 0 Å². The maximum atomic E-state index is 12.7. The summed E-state index contributed by atoms with van der Waals surface area (Å²) in [6.45, 7) is 6.16. The van der Waals surface area contributed by atoms with Crippen molar-refractivity contribution in [3.63, 3.8) is 0 Å². The number of carbonyl (C=O) groups excluding carboxylic acids is 1. The molecule has 1 aliphatic carbocycles. The highest BCUT2D eigenvalue weighted by atomic mass is 32.2. The molecule has 1 amide bonds. The van der Waals surface area contributed by atoms with Crippen LogP contribution in [0.1, 0.15) is 40.9 Å². The van der Waals surface area contributed by atoms with E-state index >= 15 is 0 Å². The molecule has 0 saturated heterocycles. The van der Waals surface area contributed by atoms with E-state index < -0.39 is 0 Å². The van der Waals surface area contributed by atoms with E-state index in [0.29, 0.717) is 5.75 Å². The lowest BCUT2D eigenvalue weighted by molar-refractivity contribution is -0.113. The van der Waals surface area contributed by atoms with Crippen molar-refractivity contribution in [1.29, 1.82) is 0 Å². The molecule has 1 N–H and O–H groups in total. The molecular formula is C24H27N3OS. The summed E-state index contributed by atoms with van der Waals surface area (Å²) in [6.07, 6.45) is 4.46. The van der Waals surface area contributed by atoms with Crippen LogP contribution in [0.25, 0.3) is 5.69 Å². The lowest BCUT2D eigenvalue weighted by Crippen LogP contribution is -2.16. The van der Waals surface area contributed by atoms with Gasteiger partial charge in [-0.15, -0.1) is 0 Å². The number of rotatable bonds is 5. The lowest BCUT2D eigenvalue weighted by Gasteiger charge is -2.15. The van der Waals surface area contributed by atoms with Crippen molar-refractivity contribution in [2.24, 2.45) is 0 Å². The summed E-state index contributed by atoms with van der Waals surface area (Å²) >= 11 is 1.52. The zero-order chi connectivity index (χ0) is 20.4. The Morgan fingerprint density at radius 1 is 1.07 bits per heavy atom. The molecule has 1 heterocycles. The predicted molar refractivity (Wildman–Crippen MR) is 120 cm³/mol. The van der Waals surface area contributed by atoms with Gasteiger partial charge in [-0.25, -0.2) is 4.98 Å². The predicted octanol–water partition coefficient (Wildman–Crippen LogP) is 5.41. The Morgan fingerprint density at radius 2 is 1.76 bits per heavy atom. The minimum atomic E-state index is 0.00522. The third kappa shape index (κ3) is 4.25. The lowest BCUT2D eigenvalue weighted by atomic mass is 10.0. The molecule has 0 saturated carbocycles. The van der Waals surface area contributed by atoms with Gasteiger partial charge in [0.15, 0.2) is 5.16 Å².